The molecule has 4 rings (SSSR count). The molecule has 0 radical (unpaired) electrons. The Balaban J connectivity index is 1.83. The first-order valence-corrected chi connectivity index (χ1v) is 8.75. The van der Waals surface area contributed by atoms with Crippen LogP contribution in [0, 0.1) is 5.82 Å². The van der Waals surface area contributed by atoms with E-state index in [4.69, 9.17) is 5.73 Å². The molecule has 3 aromatic rings. The van der Waals surface area contributed by atoms with Crippen molar-refractivity contribution in [2.45, 2.75) is 6.54 Å². The molecule has 1 aliphatic rings. The second-order valence-corrected chi connectivity index (χ2v) is 6.56. The van der Waals surface area contributed by atoms with Gasteiger partial charge in [-0.05, 0) is 35.9 Å². The number of primary amides is 1. The van der Waals surface area contributed by atoms with E-state index in [2.05, 4.69) is 16.3 Å². The van der Waals surface area contributed by atoms with E-state index in [0.717, 1.165) is 48.3 Å². The summed E-state index contributed by atoms with van der Waals surface area (Å²) >= 11 is 0. The number of amides is 1. The SMILES string of the molecule is NC(=O)c1cc2c(N3CCNCC3)cccc2n1Cc1cccc(F)c1. The Kier molecular flexibility index (Phi) is 4.34. The normalized spacial score (nSPS) is 14.7. The number of hydrogen-bond acceptors (Lipinski definition) is 3. The summed E-state index contributed by atoms with van der Waals surface area (Å²) in [7, 11) is 0. The lowest BCUT2D eigenvalue weighted by Crippen LogP contribution is -2.43. The van der Waals surface area contributed by atoms with Crippen LogP contribution in [0.1, 0.15) is 16.1 Å². The molecule has 2 aromatic carbocycles. The van der Waals surface area contributed by atoms with Crippen molar-refractivity contribution in [2.75, 3.05) is 31.1 Å². The van der Waals surface area contributed by atoms with Crippen molar-refractivity contribution in [1.82, 2.24) is 9.88 Å². The lowest BCUT2D eigenvalue weighted by molar-refractivity contribution is 0.0992. The molecule has 1 fully saturated rings. The molecule has 1 aliphatic heterocycles. The highest BCUT2D eigenvalue weighted by atomic mass is 19.1. The summed E-state index contributed by atoms with van der Waals surface area (Å²) in [5, 5.41) is 4.35. The lowest BCUT2D eigenvalue weighted by Gasteiger charge is -2.30. The number of rotatable bonds is 4. The molecule has 0 atom stereocenters. The largest absolute Gasteiger partial charge is 0.368 e. The first kappa shape index (κ1) is 16.6. The smallest absolute Gasteiger partial charge is 0.265 e. The van der Waals surface area contributed by atoms with Crippen molar-refractivity contribution in [3.63, 3.8) is 0 Å². The van der Waals surface area contributed by atoms with Gasteiger partial charge in [-0.3, -0.25) is 4.79 Å². The second-order valence-electron chi connectivity index (χ2n) is 6.56. The number of fused-ring (bicyclic) bond motifs is 1. The Morgan fingerprint density at radius 1 is 1.12 bits per heavy atom. The van der Waals surface area contributed by atoms with Gasteiger partial charge in [-0.15, -0.1) is 0 Å². The fourth-order valence-corrected chi connectivity index (χ4v) is 3.64. The zero-order chi connectivity index (χ0) is 18.1. The first-order valence-electron chi connectivity index (χ1n) is 8.75. The van der Waals surface area contributed by atoms with Gasteiger partial charge in [0.25, 0.3) is 5.91 Å². The average molecular weight is 352 g/mol. The Hall–Kier alpha value is -2.86. The van der Waals surface area contributed by atoms with Crippen LogP contribution in [-0.2, 0) is 6.54 Å². The molecule has 2 heterocycles. The molecule has 5 nitrogen and oxygen atoms in total. The third kappa shape index (κ3) is 3.04. The van der Waals surface area contributed by atoms with Gasteiger partial charge in [-0.2, -0.15) is 0 Å². The summed E-state index contributed by atoms with van der Waals surface area (Å²) in [6, 6.07) is 14.3. The van der Waals surface area contributed by atoms with Crippen LogP contribution in [0.5, 0.6) is 0 Å². The maximum Gasteiger partial charge on any atom is 0.265 e. The summed E-state index contributed by atoms with van der Waals surface area (Å²) in [5.74, 6) is -0.773. The molecular weight excluding hydrogens is 331 g/mol. The quantitative estimate of drug-likeness (QED) is 0.758. The van der Waals surface area contributed by atoms with Gasteiger partial charge in [-0.1, -0.05) is 18.2 Å². The third-order valence-corrected chi connectivity index (χ3v) is 4.86. The first-order chi connectivity index (χ1) is 12.6. The molecule has 134 valence electrons. The van der Waals surface area contributed by atoms with E-state index in [-0.39, 0.29) is 5.82 Å². The Bertz CT molecular complexity index is 960. The number of anilines is 1. The highest BCUT2D eigenvalue weighted by Gasteiger charge is 2.19. The van der Waals surface area contributed by atoms with Gasteiger partial charge in [0.15, 0.2) is 0 Å². The molecular formula is C20H21FN4O. The summed E-state index contributed by atoms with van der Waals surface area (Å²) in [6.07, 6.45) is 0. The van der Waals surface area contributed by atoms with Gasteiger partial charge < -0.3 is 20.5 Å². The Morgan fingerprint density at radius 3 is 2.62 bits per heavy atom. The summed E-state index contributed by atoms with van der Waals surface area (Å²) in [4.78, 5) is 14.4. The van der Waals surface area contributed by atoms with Crippen molar-refractivity contribution in [2.24, 2.45) is 5.73 Å². The predicted octanol–water partition coefficient (Wildman–Crippen LogP) is 2.34. The number of halogens is 1. The zero-order valence-corrected chi connectivity index (χ0v) is 14.4. The highest BCUT2D eigenvalue weighted by Crippen LogP contribution is 2.31. The summed E-state index contributed by atoms with van der Waals surface area (Å²) < 4.78 is 15.4. The number of carbonyl (C=O) groups is 1. The van der Waals surface area contributed by atoms with Crippen molar-refractivity contribution in [3.8, 4) is 0 Å². The number of nitrogens with zero attached hydrogens (tertiary/aromatic N) is 2. The van der Waals surface area contributed by atoms with Crippen molar-refractivity contribution in [3.05, 3.63) is 65.6 Å². The topological polar surface area (TPSA) is 63.3 Å². The van der Waals surface area contributed by atoms with E-state index in [0.29, 0.717) is 12.2 Å². The predicted molar refractivity (Wildman–Crippen MR) is 101 cm³/mol. The van der Waals surface area contributed by atoms with Gasteiger partial charge in [0.1, 0.15) is 11.5 Å². The maximum absolute atomic E-state index is 13.6. The number of nitrogens with two attached hydrogens (primary N) is 1. The fraction of sp³-hybridized carbons (Fsp3) is 0.250. The number of piperazine rings is 1. The van der Waals surface area contributed by atoms with Crippen LogP contribution in [0.25, 0.3) is 10.9 Å². The van der Waals surface area contributed by atoms with Crippen LogP contribution in [0.4, 0.5) is 10.1 Å². The Labute approximate surface area is 151 Å². The molecule has 26 heavy (non-hydrogen) atoms. The number of carbonyl (C=O) groups excluding carboxylic acids is 1. The standard InChI is InChI=1S/C20H21FN4O/c21-15-4-1-3-14(11-15)13-25-18-6-2-5-17(24-9-7-23-8-10-24)16(18)12-19(25)20(22)26/h1-6,11-12,23H,7-10,13H2,(H2,22,26). The molecule has 1 aromatic heterocycles. The van der Waals surface area contributed by atoms with E-state index in [9.17, 15) is 9.18 Å². The molecule has 1 saturated heterocycles. The number of nitrogens with one attached hydrogen (secondary N) is 1. The van der Waals surface area contributed by atoms with Crippen LogP contribution >= 0.6 is 0 Å². The second kappa shape index (κ2) is 6.80. The van der Waals surface area contributed by atoms with Crippen molar-refractivity contribution >= 4 is 22.5 Å². The number of benzene rings is 2. The maximum atomic E-state index is 13.6. The van der Waals surface area contributed by atoms with E-state index < -0.39 is 5.91 Å². The Morgan fingerprint density at radius 2 is 1.88 bits per heavy atom. The van der Waals surface area contributed by atoms with Gasteiger partial charge in [-0.25, -0.2) is 4.39 Å². The minimum absolute atomic E-state index is 0.291. The van der Waals surface area contributed by atoms with Crippen LogP contribution in [-0.4, -0.2) is 36.7 Å². The van der Waals surface area contributed by atoms with Gasteiger partial charge in [0, 0.05) is 43.8 Å². The monoisotopic (exact) mass is 352 g/mol. The van der Waals surface area contributed by atoms with Crippen molar-refractivity contribution in [1.29, 1.82) is 0 Å². The van der Waals surface area contributed by atoms with Gasteiger partial charge >= 0.3 is 0 Å². The van der Waals surface area contributed by atoms with Crippen LogP contribution in [0.3, 0.4) is 0 Å². The summed E-state index contributed by atoms with van der Waals surface area (Å²) in [5.41, 5.74) is 8.89. The molecule has 0 aliphatic carbocycles. The number of hydrogen-bond donors (Lipinski definition) is 2. The minimum atomic E-state index is -0.483. The van der Waals surface area contributed by atoms with Gasteiger partial charge in [0.2, 0.25) is 0 Å². The third-order valence-electron chi connectivity index (χ3n) is 4.86. The van der Waals surface area contributed by atoms with E-state index in [1.807, 2.05) is 28.8 Å². The lowest BCUT2D eigenvalue weighted by atomic mass is 10.1. The van der Waals surface area contributed by atoms with E-state index in [1.165, 1.54) is 12.1 Å². The van der Waals surface area contributed by atoms with Crippen LogP contribution in [0.2, 0.25) is 0 Å². The summed E-state index contributed by atoms with van der Waals surface area (Å²) in [6.45, 7) is 4.09. The van der Waals surface area contributed by atoms with E-state index >= 15 is 0 Å². The van der Waals surface area contributed by atoms with E-state index in [1.54, 1.807) is 6.07 Å². The molecule has 1 amide bonds. The fourth-order valence-electron chi connectivity index (χ4n) is 3.64. The van der Waals surface area contributed by atoms with Crippen LogP contribution in [0.15, 0.2) is 48.5 Å². The molecule has 0 spiro atoms. The zero-order valence-electron chi connectivity index (χ0n) is 14.4. The van der Waals surface area contributed by atoms with Gasteiger partial charge in [0.05, 0.1) is 5.52 Å². The molecule has 0 bridgehead atoms. The van der Waals surface area contributed by atoms with Crippen molar-refractivity contribution < 1.29 is 9.18 Å². The average Bonchev–Trinajstić information content (AvgIpc) is 3.01. The van der Waals surface area contributed by atoms with Crippen LogP contribution < -0.4 is 16.0 Å². The molecule has 6 heteroatoms. The molecule has 0 saturated carbocycles. The minimum Gasteiger partial charge on any atom is -0.368 e. The highest BCUT2D eigenvalue weighted by molar-refractivity contribution is 6.02. The number of aromatic nitrogens is 1. The molecule has 3 N–H and O–H groups in total. The molecule has 0 unspecified atom stereocenters.